The van der Waals surface area contributed by atoms with Crippen molar-refractivity contribution in [3.05, 3.63) is 0 Å². The number of nitrogens with zero attached hydrogens (tertiary/aromatic N) is 6. The molecule has 0 aliphatic rings. The number of hydrogen-bond acceptors (Lipinski definition) is 12. The lowest BCUT2D eigenvalue weighted by Gasteiger charge is -2.13. The summed E-state index contributed by atoms with van der Waals surface area (Å²) in [6, 6.07) is -0.272. The van der Waals surface area contributed by atoms with Crippen LogP contribution in [0.1, 0.15) is 197 Å². The molecule has 9 atom stereocenters. The van der Waals surface area contributed by atoms with Crippen LogP contribution in [0.5, 0.6) is 0 Å². The lowest BCUT2D eigenvalue weighted by molar-refractivity contribution is -0.702. The SMILES string of the molecule is CCCCCCCC(N=N[NH2+]C(N)CC)C(C)O.CCCCCCCC(N=N[NH2+]C(N)CC)C(C)O.CCCCCCCC(N=N[NH2+]C(N)CC)C(C)O.[Cl-].[Cl-].[Cl-]. The Balaban J connectivity index is -0.000000167. The van der Waals surface area contributed by atoms with Gasteiger partial charge in [0.25, 0.3) is 0 Å². The molecule has 18 heteroatoms. The summed E-state index contributed by atoms with van der Waals surface area (Å²) in [4.78, 5) is 0. The van der Waals surface area contributed by atoms with Crippen LogP contribution in [0.25, 0.3) is 0 Å². The molecule has 9 unspecified atom stereocenters. The second-order valence-electron chi connectivity index (χ2n) is 14.9. The molecule has 0 aliphatic heterocycles. The second kappa shape index (κ2) is 51.5. The molecule has 348 valence electrons. The average Bonchev–Trinajstić information content (AvgIpc) is 3.15. The van der Waals surface area contributed by atoms with Crippen LogP contribution in [0.3, 0.4) is 0 Å². The Bertz CT molecular complexity index is 749. The molecule has 15 N–H and O–H groups in total. The van der Waals surface area contributed by atoms with E-state index in [-0.39, 0.29) is 73.8 Å². The van der Waals surface area contributed by atoms with Crippen molar-refractivity contribution in [3.8, 4) is 0 Å². The molecule has 0 aromatic carbocycles. The zero-order chi connectivity index (χ0) is 41.4. The van der Waals surface area contributed by atoms with Gasteiger partial charge in [0.1, 0.15) is 18.1 Å². The van der Waals surface area contributed by atoms with Crippen molar-refractivity contribution in [1.82, 2.24) is 0 Å². The van der Waals surface area contributed by atoms with E-state index in [0.29, 0.717) is 0 Å². The monoisotopic (exact) mass is 883 g/mol. The Morgan fingerprint density at radius 3 is 0.772 bits per heavy atom. The predicted octanol–water partition coefficient (Wildman–Crippen LogP) is -3.82. The van der Waals surface area contributed by atoms with Crippen molar-refractivity contribution in [1.29, 1.82) is 0 Å². The molecule has 0 aliphatic carbocycles. The van der Waals surface area contributed by atoms with E-state index in [2.05, 4.69) is 51.8 Å². The van der Waals surface area contributed by atoms with Crippen LogP contribution in [0, 0.1) is 0 Å². The van der Waals surface area contributed by atoms with E-state index < -0.39 is 18.3 Å². The highest BCUT2D eigenvalue weighted by Crippen LogP contribution is 2.14. The van der Waals surface area contributed by atoms with Crippen LogP contribution >= 0.6 is 0 Å². The minimum atomic E-state index is -0.439. The summed E-state index contributed by atoms with van der Waals surface area (Å²) in [6.45, 7) is 18.0. The Kier molecular flexibility index (Phi) is 61.4. The van der Waals surface area contributed by atoms with Gasteiger partial charge in [0, 0.05) is 34.9 Å². The van der Waals surface area contributed by atoms with Crippen molar-refractivity contribution < 1.29 is 68.8 Å². The van der Waals surface area contributed by atoms with Crippen LogP contribution in [-0.2, 0) is 0 Å². The summed E-state index contributed by atoms with van der Waals surface area (Å²) in [6.07, 6.45) is 22.3. The molecular formula is C39H93Cl3N12O3. The number of rotatable bonds is 33. The third-order valence-electron chi connectivity index (χ3n) is 9.31. The lowest BCUT2D eigenvalue weighted by Crippen LogP contribution is -3.00. The molecule has 0 fully saturated rings. The van der Waals surface area contributed by atoms with Crippen molar-refractivity contribution in [3.63, 3.8) is 0 Å². The summed E-state index contributed by atoms with van der Waals surface area (Å²) in [7, 11) is 0. The maximum absolute atomic E-state index is 9.64. The molecule has 0 heterocycles. The molecule has 0 saturated heterocycles. The molecule has 0 aromatic heterocycles. The van der Waals surface area contributed by atoms with E-state index >= 15 is 0 Å². The lowest BCUT2D eigenvalue weighted by atomic mass is 10.0. The van der Waals surface area contributed by atoms with Gasteiger partial charge in [-0.3, -0.25) is 17.2 Å². The van der Waals surface area contributed by atoms with Crippen LogP contribution in [0.15, 0.2) is 31.0 Å². The maximum Gasteiger partial charge on any atom is 0.162 e. The molecule has 0 saturated carbocycles. The minimum absolute atomic E-state index is 0. The summed E-state index contributed by atoms with van der Waals surface area (Å²) in [5.74, 6) is 0. The van der Waals surface area contributed by atoms with Crippen LogP contribution < -0.4 is 70.7 Å². The van der Waals surface area contributed by atoms with E-state index in [1.165, 1.54) is 77.0 Å². The van der Waals surface area contributed by atoms with Crippen molar-refractivity contribution >= 4 is 0 Å². The summed E-state index contributed by atoms with van der Waals surface area (Å²) < 4.78 is 0. The minimum Gasteiger partial charge on any atom is -1.00 e. The number of quaternary nitrogens is 3. The zero-order valence-corrected chi connectivity index (χ0v) is 39.9. The van der Waals surface area contributed by atoms with Crippen LogP contribution in [0.2, 0.25) is 0 Å². The fourth-order valence-electron chi connectivity index (χ4n) is 5.00. The Hall–Kier alpha value is -0.690. The fraction of sp³-hybridized carbons (Fsp3) is 1.00. The van der Waals surface area contributed by atoms with E-state index in [0.717, 1.165) is 57.8 Å². The largest absolute Gasteiger partial charge is 1.00 e. The number of hydrogen-bond donors (Lipinski definition) is 9. The molecule has 0 rings (SSSR count). The number of halogens is 3. The molecule has 0 bridgehead atoms. The molecule has 15 nitrogen and oxygen atoms in total. The average molecular weight is 885 g/mol. The normalized spacial score (nSPS) is 16.1. The van der Waals surface area contributed by atoms with Gasteiger partial charge in [0.05, 0.1) is 18.3 Å². The highest BCUT2D eigenvalue weighted by molar-refractivity contribution is 4.71. The van der Waals surface area contributed by atoms with Crippen LogP contribution in [-0.4, -0.2) is 70.3 Å². The van der Waals surface area contributed by atoms with Gasteiger partial charge in [0.15, 0.2) is 18.5 Å². The number of aliphatic hydroxyl groups is 3. The first-order valence-corrected chi connectivity index (χ1v) is 21.8. The first-order chi connectivity index (χ1) is 25.8. The topological polar surface area (TPSA) is 263 Å². The molecule has 0 spiro atoms. The van der Waals surface area contributed by atoms with Gasteiger partial charge in [-0.25, -0.2) is 0 Å². The fourth-order valence-corrected chi connectivity index (χ4v) is 5.00. The Labute approximate surface area is 367 Å². The first kappa shape index (κ1) is 68.1. The van der Waals surface area contributed by atoms with Crippen molar-refractivity contribution in [2.24, 2.45) is 48.2 Å². The predicted molar refractivity (Wildman–Crippen MR) is 222 cm³/mol. The number of unbranched alkanes of at least 4 members (excludes halogenated alkanes) is 12. The van der Waals surface area contributed by atoms with Gasteiger partial charge in [-0.1, -0.05) is 138 Å². The second-order valence-corrected chi connectivity index (χ2v) is 14.9. The highest BCUT2D eigenvalue weighted by Gasteiger charge is 2.16. The maximum atomic E-state index is 9.64. The zero-order valence-electron chi connectivity index (χ0n) is 37.7. The third kappa shape index (κ3) is 49.6. The molecule has 0 aromatic rings. The number of nitrogens with two attached hydrogens (primary N) is 6. The summed E-state index contributed by atoms with van der Waals surface area (Å²) >= 11 is 0. The summed E-state index contributed by atoms with van der Waals surface area (Å²) in [5.41, 5.74) is 22.1. The van der Waals surface area contributed by atoms with Gasteiger partial charge < -0.3 is 52.5 Å². The Morgan fingerprint density at radius 1 is 0.386 bits per heavy atom. The molecular weight excluding hydrogens is 791 g/mol. The quantitative estimate of drug-likeness (QED) is 0.0105. The van der Waals surface area contributed by atoms with Gasteiger partial charge in [-0.15, -0.1) is 15.3 Å². The molecule has 0 radical (unpaired) electrons. The molecule has 57 heavy (non-hydrogen) atoms. The van der Waals surface area contributed by atoms with Crippen molar-refractivity contribution in [2.75, 3.05) is 0 Å². The van der Waals surface area contributed by atoms with E-state index in [9.17, 15) is 15.3 Å². The van der Waals surface area contributed by atoms with E-state index in [1.807, 2.05) is 20.8 Å². The van der Waals surface area contributed by atoms with Gasteiger partial charge in [-0.2, -0.15) is 16.3 Å². The van der Waals surface area contributed by atoms with Gasteiger partial charge in [-0.05, 0) is 40.0 Å². The van der Waals surface area contributed by atoms with Gasteiger partial charge in [0.2, 0.25) is 0 Å². The first-order valence-electron chi connectivity index (χ1n) is 21.8. The van der Waals surface area contributed by atoms with Crippen molar-refractivity contribution in [2.45, 2.75) is 252 Å². The number of aliphatic hydroxyl groups excluding tert-OH is 3. The third-order valence-corrected chi connectivity index (χ3v) is 9.31. The Morgan fingerprint density at radius 2 is 0.596 bits per heavy atom. The van der Waals surface area contributed by atoms with E-state index in [4.69, 9.17) is 17.2 Å². The van der Waals surface area contributed by atoms with Gasteiger partial charge >= 0.3 is 0 Å². The highest BCUT2D eigenvalue weighted by atomic mass is 35.5. The standard InChI is InChI=1S/3C13H30N4O.3ClH/c3*1-4-6-7-8-9-10-12(11(3)18)15-17-16-13(14)5-2;;;/h3*11-13,18H,4-10,14H2,1-3H3,(H,15,16);3*1H. The summed E-state index contributed by atoms with van der Waals surface area (Å²) in [5, 5.41) is 53.4. The van der Waals surface area contributed by atoms with Crippen LogP contribution in [0.4, 0.5) is 0 Å². The molecule has 0 amide bonds. The smallest absolute Gasteiger partial charge is 0.162 e. The van der Waals surface area contributed by atoms with E-state index in [1.54, 1.807) is 37.0 Å².